The molecule has 0 aliphatic heterocycles. The van der Waals surface area contributed by atoms with Gasteiger partial charge in [0.05, 0.1) is 20.9 Å². The fourth-order valence-electron chi connectivity index (χ4n) is 1.27. The molecule has 2 rings (SSSR count). The molecule has 7 heteroatoms. The minimum Gasteiger partial charge on any atom is -0.271 e. The highest BCUT2D eigenvalue weighted by atomic mass is 32.2. The molecular weight excluding hydrogens is 234 g/mol. The van der Waals surface area contributed by atoms with Crippen LogP contribution in [0.1, 0.15) is 5.01 Å². The van der Waals surface area contributed by atoms with E-state index in [1.807, 2.05) is 6.92 Å². The lowest BCUT2D eigenvalue weighted by Gasteiger charge is -2.01. The number of hydrogen-bond acceptors (Lipinski definition) is 4. The van der Waals surface area contributed by atoms with Crippen LogP contribution in [-0.2, 0) is 10.2 Å². The van der Waals surface area contributed by atoms with Crippen LogP contribution in [0.2, 0.25) is 0 Å². The predicted molar refractivity (Wildman–Crippen MR) is 61.1 cm³/mol. The van der Waals surface area contributed by atoms with Gasteiger partial charge in [0.15, 0.2) is 0 Å². The molecule has 1 aromatic carbocycles. The Hall–Kier alpha value is -1.18. The number of nitrogens with two attached hydrogens (primary N) is 1. The standard InChI is InChI=1S/C8H9N3O2S2/c1-5-10-7-3-2-6(4-8(7)14-5)11-15(9,12)13/h2-4,11H,1H3,(H2,9,12,13). The molecule has 1 aromatic heterocycles. The van der Waals surface area contributed by atoms with Gasteiger partial charge in [0.1, 0.15) is 0 Å². The van der Waals surface area contributed by atoms with Crippen LogP contribution in [0.5, 0.6) is 0 Å². The van der Waals surface area contributed by atoms with Crippen LogP contribution in [0.3, 0.4) is 0 Å². The van der Waals surface area contributed by atoms with Gasteiger partial charge in [-0.1, -0.05) is 0 Å². The molecule has 15 heavy (non-hydrogen) atoms. The molecule has 0 saturated heterocycles. The zero-order valence-corrected chi connectivity index (χ0v) is 9.52. The molecule has 2 aromatic rings. The molecule has 3 N–H and O–H groups in total. The Balaban J connectivity index is 2.47. The zero-order valence-electron chi connectivity index (χ0n) is 7.89. The van der Waals surface area contributed by atoms with Crippen molar-refractivity contribution in [1.82, 2.24) is 4.98 Å². The van der Waals surface area contributed by atoms with Gasteiger partial charge in [0, 0.05) is 0 Å². The van der Waals surface area contributed by atoms with Crippen molar-refractivity contribution in [3.05, 3.63) is 23.2 Å². The number of nitrogens with one attached hydrogen (secondary N) is 1. The molecule has 0 spiro atoms. The lowest BCUT2D eigenvalue weighted by atomic mass is 10.3. The smallest absolute Gasteiger partial charge is 0.271 e. The number of nitrogens with zero attached hydrogens (tertiary/aromatic N) is 1. The summed E-state index contributed by atoms with van der Waals surface area (Å²) in [6, 6.07) is 5.10. The van der Waals surface area contributed by atoms with E-state index in [2.05, 4.69) is 9.71 Å². The Kier molecular flexibility index (Phi) is 2.37. The average Bonchev–Trinajstić information content (AvgIpc) is 2.40. The lowest BCUT2D eigenvalue weighted by Crippen LogP contribution is -2.21. The number of rotatable bonds is 2. The molecule has 0 unspecified atom stereocenters. The summed E-state index contributed by atoms with van der Waals surface area (Å²) in [5.74, 6) is 0. The first-order valence-corrected chi connectivity index (χ1v) is 6.48. The third kappa shape index (κ3) is 2.44. The molecule has 1 heterocycles. The summed E-state index contributed by atoms with van der Waals surface area (Å²) in [7, 11) is -3.70. The van der Waals surface area contributed by atoms with Crippen molar-refractivity contribution in [2.75, 3.05) is 4.72 Å². The maximum absolute atomic E-state index is 10.8. The van der Waals surface area contributed by atoms with Crippen LogP contribution in [-0.4, -0.2) is 13.4 Å². The number of aryl methyl sites for hydroxylation is 1. The van der Waals surface area contributed by atoms with E-state index >= 15 is 0 Å². The second-order valence-electron chi connectivity index (χ2n) is 3.06. The first kappa shape index (κ1) is 10.3. The topological polar surface area (TPSA) is 85.1 Å². The molecule has 0 saturated carbocycles. The highest BCUT2D eigenvalue weighted by molar-refractivity contribution is 7.90. The fraction of sp³-hybridized carbons (Fsp3) is 0.125. The van der Waals surface area contributed by atoms with Crippen molar-refractivity contribution in [3.8, 4) is 0 Å². The first-order chi connectivity index (χ1) is 6.94. The quantitative estimate of drug-likeness (QED) is 0.831. The van der Waals surface area contributed by atoms with Gasteiger partial charge in [-0.3, -0.25) is 4.72 Å². The van der Waals surface area contributed by atoms with Crippen LogP contribution in [0, 0.1) is 6.92 Å². The number of fused-ring (bicyclic) bond motifs is 1. The first-order valence-electron chi connectivity index (χ1n) is 4.12. The molecule has 0 aliphatic carbocycles. The van der Waals surface area contributed by atoms with Crippen molar-refractivity contribution in [3.63, 3.8) is 0 Å². The van der Waals surface area contributed by atoms with Crippen molar-refractivity contribution < 1.29 is 8.42 Å². The van der Waals surface area contributed by atoms with E-state index in [0.717, 1.165) is 15.2 Å². The Bertz CT molecular complexity index is 603. The van der Waals surface area contributed by atoms with E-state index < -0.39 is 10.2 Å². The number of thiazole rings is 1. The summed E-state index contributed by atoms with van der Waals surface area (Å²) in [6.07, 6.45) is 0. The molecule has 0 bridgehead atoms. The van der Waals surface area contributed by atoms with Gasteiger partial charge in [-0.15, -0.1) is 11.3 Å². The molecule has 80 valence electrons. The van der Waals surface area contributed by atoms with Gasteiger partial charge in [0.2, 0.25) is 0 Å². The molecular formula is C8H9N3O2S2. The van der Waals surface area contributed by atoms with E-state index in [0.29, 0.717) is 5.69 Å². The van der Waals surface area contributed by atoms with E-state index in [4.69, 9.17) is 5.14 Å². The summed E-state index contributed by atoms with van der Waals surface area (Å²) in [4.78, 5) is 4.26. The number of hydrogen-bond donors (Lipinski definition) is 2. The van der Waals surface area contributed by atoms with E-state index in [1.54, 1.807) is 18.2 Å². The lowest BCUT2D eigenvalue weighted by molar-refractivity contribution is 0.603. The molecule has 0 aliphatic rings. The van der Waals surface area contributed by atoms with Crippen LogP contribution < -0.4 is 9.86 Å². The van der Waals surface area contributed by atoms with Gasteiger partial charge in [-0.05, 0) is 25.1 Å². The van der Waals surface area contributed by atoms with Gasteiger partial charge in [-0.2, -0.15) is 8.42 Å². The van der Waals surface area contributed by atoms with Crippen molar-refractivity contribution >= 4 is 37.5 Å². The Labute approximate surface area is 91.1 Å². The fourth-order valence-corrected chi connectivity index (χ4v) is 2.59. The van der Waals surface area contributed by atoms with Crippen LogP contribution in [0.15, 0.2) is 18.2 Å². The minimum absolute atomic E-state index is 0.452. The number of anilines is 1. The van der Waals surface area contributed by atoms with Gasteiger partial charge < -0.3 is 0 Å². The van der Waals surface area contributed by atoms with Crippen molar-refractivity contribution in [2.45, 2.75) is 6.92 Å². The summed E-state index contributed by atoms with van der Waals surface area (Å²) in [6.45, 7) is 1.90. The largest absolute Gasteiger partial charge is 0.296 e. The third-order valence-electron chi connectivity index (χ3n) is 1.76. The van der Waals surface area contributed by atoms with Crippen LogP contribution >= 0.6 is 11.3 Å². The Morgan fingerprint density at radius 2 is 2.20 bits per heavy atom. The van der Waals surface area contributed by atoms with E-state index in [1.165, 1.54) is 11.3 Å². The second-order valence-corrected chi connectivity index (χ2v) is 5.59. The van der Waals surface area contributed by atoms with Gasteiger partial charge in [0.25, 0.3) is 10.2 Å². The minimum atomic E-state index is -3.70. The normalized spacial score (nSPS) is 11.9. The monoisotopic (exact) mass is 243 g/mol. The number of aromatic nitrogens is 1. The summed E-state index contributed by atoms with van der Waals surface area (Å²) < 4.78 is 24.7. The number of benzene rings is 1. The van der Waals surface area contributed by atoms with Gasteiger partial charge >= 0.3 is 0 Å². The highest BCUT2D eigenvalue weighted by Gasteiger charge is 2.05. The van der Waals surface area contributed by atoms with E-state index in [9.17, 15) is 8.42 Å². The second kappa shape index (κ2) is 3.44. The molecule has 0 amide bonds. The predicted octanol–water partition coefficient (Wildman–Crippen LogP) is 1.22. The third-order valence-corrected chi connectivity index (χ3v) is 3.21. The van der Waals surface area contributed by atoms with E-state index in [-0.39, 0.29) is 0 Å². The van der Waals surface area contributed by atoms with Crippen LogP contribution in [0.25, 0.3) is 10.2 Å². The maximum Gasteiger partial charge on any atom is 0.296 e. The van der Waals surface area contributed by atoms with Gasteiger partial charge in [-0.25, -0.2) is 10.1 Å². The summed E-state index contributed by atoms with van der Waals surface area (Å²) in [5.41, 5.74) is 1.31. The molecule has 5 nitrogen and oxygen atoms in total. The summed E-state index contributed by atoms with van der Waals surface area (Å²) >= 11 is 1.51. The maximum atomic E-state index is 10.8. The zero-order chi connectivity index (χ0) is 11.1. The van der Waals surface area contributed by atoms with Crippen molar-refractivity contribution in [1.29, 1.82) is 0 Å². The highest BCUT2D eigenvalue weighted by Crippen LogP contribution is 2.24. The Morgan fingerprint density at radius 1 is 1.47 bits per heavy atom. The SMILES string of the molecule is Cc1nc2ccc(NS(N)(=O)=O)cc2s1. The van der Waals surface area contributed by atoms with Crippen molar-refractivity contribution in [2.24, 2.45) is 5.14 Å². The Morgan fingerprint density at radius 3 is 2.87 bits per heavy atom. The molecule has 0 radical (unpaired) electrons. The molecule has 0 atom stereocenters. The van der Waals surface area contributed by atoms with Crippen LogP contribution in [0.4, 0.5) is 5.69 Å². The average molecular weight is 243 g/mol. The molecule has 0 fully saturated rings. The summed E-state index contributed by atoms with van der Waals surface area (Å²) in [5, 5.41) is 5.81.